The first-order chi connectivity index (χ1) is 9.28. The van der Waals surface area contributed by atoms with Crippen LogP contribution in [0.3, 0.4) is 0 Å². The maximum Gasteiger partial charge on any atom is 0.131 e. The van der Waals surface area contributed by atoms with Gasteiger partial charge >= 0.3 is 0 Å². The van der Waals surface area contributed by atoms with Gasteiger partial charge in [0.2, 0.25) is 0 Å². The SMILES string of the molecule is CCCNc1cc(NC2CCCC(C)CC2)ncn1. The molecule has 1 aromatic rings. The molecule has 0 aromatic carbocycles. The van der Waals surface area contributed by atoms with Gasteiger partial charge in [-0.25, -0.2) is 9.97 Å². The molecule has 4 nitrogen and oxygen atoms in total. The van der Waals surface area contributed by atoms with Gasteiger partial charge in [-0.1, -0.05) is 26.7 Å². The van der Waals surface area contributed by atoms with Crippen LogP contribution in [0.5, 0.6) is 0 Å². The summed E-state index contributed by atoms with van der Waals surface area (Å²) in [5.74, 6) is 2.74. The van der Waals surface area contributed by atoms with Crippen molar-refractivity contribution < 1.29 is 0 Å². The number of hydrogen-bond donors (Lipinski definition) is 2. The Kier molecular flexibility index (Phi) is 5.43. The summed E-state index contributed by atoms with van der Waals surface area (Å²) < 4.78 is 0. The van der Waals surface area contributed by atoms with E-state index in [0.29, 0.717) is 6.04 Å². The first-order valence-electron chi connectivity index (χ1n) is 7.60. The summed E-state index contributed by atoms with van der Waals surface area (Å²) in [6, 6.07) is 2.59. The summed E-state index contributed by atoms with van der Waals surface area (Å²) in [4.78, 5) is 8.57. The minimum Gasteiger partial charge on any atom is -0.370 e. The van der Waals surface area contributed by atoms with E-state index in [2.05, 4.69) is 34.4 Å². The van der Waals surface area contributed by atoms with Crippen molar-refractivity contribution in [3.05, 3.63) is 12.4 Å². The quantitative estimate of drug-likeness (QED) is 0.795. The van der Waals surface area contributed by atoms with Crippen LogP contribution in [0.25, 0.3) is 0 Å². The highest BCUT2D eigenvalue weighted by atomic mass is 15.1. The lowest BCUT2D eigenvalue weighted by molar-refractivity contribution is 0.502. The topological polar surface area (TPSA) is 49.8 Å². The van der Waals surface area contributed by atoms with Gasteiger partial charge < -0.3 is 10.6 Å². The maximum absolute atomic E-state index is 4.33. The third-order valence-electron chi connectivity index (χ3n) is 3.83. The smallest absolute Gasteiger partial charge is 0.131 e. The zero-order valence-corrected chi connectivity index (χ0v) is 12.2. The Morgan fingerprint density at radius 3 is 2.84 bits per heavy atom. The van der Waals surface area contributed by atoms with E-state index in [0.717, 1.165) is 30.5 Å². The van der Waals surface area contributed by atoms with E-state index < -0.39 is 0 Å². The molecule has 2 rings (SSSR count). The summed E-state index contributed by atoms with van der Waals surface area (Å²) in [6.07, 6.45) is 9.27. The molecule has 0 spiro atoms. The lowest BCUT2D eigenvalue weighted by Crippen LogP contribution is -2.19. The molecular weight excluding hydrogens is 236 g/mol. The Hall–Kier alpha value is -1.32. The van der Waals surface area contributed by atoms with Gasteiger partial charge in [0.15, 0.2) is 0 Å². The average Bonchev–Trinajstić information content (AvgIpc) is 2.62. The van der Waals surface area contributed by atoms with Gasteiger partial charge in [0, 0.05) is 18.7 Å². The summed E-state index contributed by atoms with van der Waals surface area (Å²) >= 11 is 0. The largest absolute Gasteiger partial charge is 0.370 e. The summed E-state index contributed by atoms with van der Waals surface area (Å²) in [6.45, 7) is 5.47. The van der Waals surface area contributed by atoms with Gasteiger partial charge in [0.25, 0.3) is 0 Å². The highest BCUT2D eigenvalue weighted by molar-refractivity contribution is 5.46. The second-order valence-corrected chi connectivity index (χ2v) is 5.67. The van der Waals surface area contributed by atoms with Crippen molar-refractivity contribution in [3.63, 3.8) is 0 Å². The molecule has 106 valence electrons. The molecule has 1 saturated carbocycles. The van der Waals surface area contributed by atoms with Gasteiger partial charge in [0.1, 0.15) is 18.0 Å². The molecule has 19 heavy (non-hydrogen) atoms. The van der Waals surface area contributed by atoms with Crippen LogP contribution in [0.2, 0.25) is 0 Å². The molecule has 0 amide bonds. The van der Waals surface area contributed by atoms with Crippen molar-refractivity contribution in [2.24, 2.45) is 5.92 Å². The molecule has 0 radical (unpaired) electrons. The monoisotopic (exact) mass is 262 g/mol. The lowest BCUT2D eigenvalue weighted by Gasteiger charge is -2.17. The molecule has 1 heterocycles. The van der Waals surface area contributed by atoms with Gasteiger partial charge in [0.05, 0.1) is 0 Å². The highest BCUT2D eigenvalue weighted by Gasteiger charge is 2.16. The van der Waals surface area contributed by atoms with E-state index in [-0.39, 0.29) is 0 Å². The van der Waals surface area contributed by atoms with E-state index in [4.69, 9.17) is 0 Å². The molecule has 0 saturated heterocycles. The normalized spacial score (nSPS) is 23.7. The van der Waals surface area contributed by atoms with Crippen LogP contribution in [0.4, 0.5) is 11.6 Å². The number of nitrogens with zero attached hydrogens (tertiary/aromatic N) is 2. The minimum absolute atomic E-state index is 0.568. The summed E-state index contributed by atoms with van der Waals surface area (Å²) in [5, 5.41) is 6.87. The first-order valence-corrected chi connectivity index (χ1v) is 7.60. The van der Waals surface area contributed by atoms with Crippen LogP contribution in [0, 0.1) is 5.92 Å². The predicted octanol–water partition coefficient (Wildman–Crippen LogP) is 3.68. The van der Waals surface area contributed by atoms with Crippen LogP contribution in [-0.4, -0.2) is 22.6 Å². The van der Waals surface area contributed by atoms with Crippen LogP contribution in [-0.2, 0) is 0 Å². The second-order valence-electron chi connectivity index (χ2n) is 5.67. The van der Waals surface area contributed by atoms with Crippen molar-refractivity contribution in [1.29, 1.82) is 0 Å². The molecule has 1 aliphatic carbocycles. The zero-order valence-electron chi connectivity index (χ0n) is 12.2. The van der Waals surface area contributed by atoms with Gasteiger partial charge in [-0.3, -0.25) is 0 Å². The van der Waals surface area contributed by atoms with E-state index >= 15 is 0 Å². The molecular formula is C15H26N4. The van der Waals surface area contributed by atoms with Crippen molar-refractivity contribution >= 4 is 11.6 Å². The summed E-state index contributed by atoms with van der Waals surface area (Å²) in [5.41, 5.74) is 0. The van der Waals surface area contributed by atoms with Gasteiger partial charge in [-0.2, -0.15) is 0 Å². The molecule has 1 aromatic heterocycles. The molecule has 4 heteroatoms. The fourth-order valence-corrected chi connectivity index (χ4v) is 2.63. The van der Waals surface area contributed by atoms with Crippen LogP contribution in [0.1, 0.15) is 52.4 Å². The van der Waals surface area contributed by atoms with Gasteiger partial charge in [-0.05, 0) is 31.6 Å². The molecule has 1 aliphatic rings. The second kappa shape index (κ2) is 7.31. The van der Waals surface area contributed by atoms with Crippen molar-refractivity contribution in [2.75, 3.05) is 17.2 Å². The Labute approximate surface area is 116 Å². The Morgan fingerprint density at radius 2 is 2.00 bits per heavy atom. The lowest BCUT2D eigenvalue weighted by atomic mass is 10.0. The number of anilines is 2. The Morgan fingerprint density at radius 1 is 1.16 bits per heavy atom. The van der Waals surface area contributed by atoms with Crippen molar-refractivity contribution in [1.82, 2.24) is 9.97 Å². The molecule has 2 atom stereocenters. The third-order valence-corrected chi connectivity index (χ3v) is 3.83. The van der Waals surface area contributed by atoms with E-state index in [1.807, 2.05) is 6.07 Å². The average molecular weight is 262 g/mol. The fraction of sp³-hybridized carbons (Fsp3) is 0.733. The third kappa shape index (κ3) is 4.69. The zero-order chi connectivity index (χ0) is 13.5. The Bertz CT molecular complexity index is 380. The Balaban J connectivity index is 1.90. The maximum atomic E-state index is 4.33. The minimum atomic E-state index is 0.568. The summed E-state index contributed by atoms with van der Waals surface area (Å²) in [7, 11) is 0. The van der Waals surface area contributed by atoms with Crippen LogP contribution in [0.15, 0.2) is 12.4 Å². The fourth-order valence-electron chi connectivity index (χ4n) is 2.63. The number of rotatable bonds is 5. The van der Waals surface area contributed by atoms with E-state index in [1.54, 1.807) is 6.33 Å². The first kappa shape index (κ1) is 14.1. The number of nitrogens with one attached hydrogen (secondary N) is 2. The van der Waals surface area contributed by atoms with Gasteiger partial charge in [-0.15, -0.1) is 0 Å². The predicted molar refractivity (Wildman–Crippen MR) is 80.5 cm³/mol. The molecule has 0 aliphatic heterocycles. The van der Waals surface area contributed by atoms with Crippen LogP contribution >= 0.6 is 0 Å². The highest BCUT2D eigenvalue weighted by Crippen LogP contribution is 2.24. The van der Waals surface area contributed by atoms with Crippen molar-refractivity contribution in [3.8, 4) is 0 Å². The standard InChI is InChI=1S/C15H26N4/c1-3-9-16-14-10-15(18-11-17-14)19-13-6-4-5-12(2)7-8-13/h10-13H,3-9H2,1-2H3,(H2,16,17,18,19). The molecule has 0 bridgehead atoms. The van der Waals surface area contributed by atoms with E-state index in [1.165, 1.54) is 32.1 Å². The van der Waals surface area contributed by atoms with E-state index in [9.17, 15) is 0 Å². The molecule has 2 unspecified atom stereocenters. The van der Waals surface area contributed by atoms with Crippen molar-refractivity contribution in [2.45, 2.75) is 58.4 Å². The number of aromatic nitrogens is 2. The molecule has 1 fully saturated rings. The van der Waals surface area contributed by atoms with Crippen LogP contribution < -0.4 is 10.6 Å². The number of hydrogen-bond acceptors (Lipinski definition) is 4. The molecule has 2 N–H and O–H groups in total.